The largest absolute Gasteiger partial charge is 0.508 e. The predicted octanol–water partition coefficient (Wildman–Crippen LogP) is 2.68. The standard InChI is InChI=1S/C10H10O/c1-3-8-5-9(4-2)7-10(11)6-8/h3-7,11H,1-2H2. The molecule has 56 valence electrons. The van der Waals surface area contributed by atoms with Gasteiger partial charge in [-0.25, -0.2) is 0 Å². The fourth-order valence-corrected chi connectivity index (χ4v) is 0.895. The quantitative estimate of drug-likeness (QED) is 0.680. The molecular formula is C10H10O. The smallest absolute Gasteiger partial charge is 0.116 e. The van der Waals surface area contributed by atoms with Crippen molar-refractivity contribution in [1.29, 1.82) is 0 Å². The maximum Gasteiger partial charge on any atom is 0.116 e. The van der Waals surface area contributed by atoms with Gasteiger partial charge in [0.1, 0.15) is 5.75 Å². The Labute approximate surface area is 66.3 Å². The molecule has 0 fully saturated rings. The summed E-state index contributed by atoms with van der Waals surface area (Å²) in [6.07, 6.45) is 3.37. The second kappa shape index (κ2) is 3.06. The van der Waals surface area contributed by atoms with Gasteiger partial charge in [0.2, 0.25) is 0 Å². The molecule has 0 spiro atoms. The van der Waals surface area contributed by atoms with Gasteiger partial charge in [-0.1, -0.05) is 25.3 Å². The molecule has 11 heavy (non-hydrogen) atoms. The summed E-state index contributed by atoms with van der Waals surface area (Å²) in [4.78, 5) is 0. The summed E-state index contributed by atoms with van der Waals surface area (Å²) < 4.78 is 0. The van der Waals surface area contributed by atoms with Crippen LogP contribution >= 0.6 is 0 Å². The monoisotopic (exact) mass is 146 g/mol. The molecule has 1 nitrogen and oxygen atoms in total. The Morgan fingerprint density at radius 3 is 1.82 bits per heavy atom. The minimum atomic E-state index is 0.248. The van der Waals surface area contributed by atoms with Crippen molar-refractivity contribution in [2.75, 3.05) is 0 Å². The van der Waals surface area contributed by atoms with Crippen molar-refractivity contribution in [1.82, 2.24) is 0 Å². The van der Waals surface area contributed by atoms with Gasteiger partial charge in [-0.15, -0.1) is 0 Å². The second-order valence-electron chi connectivity index (χ2n) is 2.27. The Bertz CT molecular complexity index is 261. The highest BCUT2D eigenvalue weighted by molar-refractivity contribution is 5.58. The highest BCUT2D eigenvalue weighted by atomic mass is 16.3. The summed E-state index contributed by atoms with van der Waals surface area (Å²) in [6.45, 7) is 7.20. The summed E-state index contributed by atoms with van der Waals surface area (Å²) in [6, 6.07) is 5.21. The molecule has 1 rings (SSSR count). The van der Waals surface area contributed by atoms with Crippen LogP contribution in [0.25, 0.3) is 12.2 Å². The first-order valence-corrected chi connectivity index (χ1v) is 3.35. The lowest BCUT2D eigenvalue weighted by molar-refractivity contribution is 0.475. The van der Waals surface area contributed by atoms with E-state index in [-0.39, 0.29) is 5.75 Å². The lowest BCUT2D eigenvalue weighted by Gasteiger charge is -1.97. The molecule has 0 atom stereocenters. The Balaban J connectivity index is 3.21. The van der Waals surface area contributed by atoms with Crippen molar-refractivity contribution in [2.45, 2.75) is 0 Å². The molecule has 1 heteroatoms. The molecule has 1 N–H and O–H groups in total. The van der Waals surface area contributed by atoms with Gasteiger partial charge in [0.15, 0.2) is 0 Å². The van der Waals surface area contributed by atoms with E-state index >= 15 is 0 Å². The number of hydrogen-bond acceptors (Lipinski definition) is 1. The van der Waals surface area contributed by atoms with Crippen LogP contribution in [0.5, 0.6) is 5.75 Å². The van der Waals surface area contributed by atoms with E-state index in [2.05, 4.69) is 13.2 Å². The van der Waals surface area contributed by atoms with Gasteiger partial charge in [0, 0.05) is 0 Å². The van der Waals surface area contributed by atoms with Gasteiger partial charge in [-0.2, -0.15) is 0 Å². The van der Waals surface area contributed by atoms with Crippen molar-refractivity contribution < 1.29 is 5.11 Å². The van der Waals surface area contributed by atoms with Crippen LogP contribution < -0.4 is 0 Å². The van der Waals surface area contributed by atoms with E-state index in [4.69, 9.17) is 5.11 Å². The maximum atomic E-state index is 9.16. The average molecular weight is 146 g/mol. The minimum Gasteiger partial charge on any atom is -0.508 e. The Kier molecular flexibility index (Phi) is 2.12. The van der Waals surface area contributed by atoms with E-state index in [0.717, 1.165) is 11.1 Å². The van der Waals surface area contributed by atoms with Crippen molar-refractivity contribution in [2.24, 2.45) is 0 Å². The zero-order valence-corrected chi connectivity index (χ0v) is 6.25. The normalized spacial score (nSPS) is 9.09. The molecule has 1 aromatic rings. The van der Waals surface area contributed by atoms with E-state index in [1.54, 1.807) is 24.3 Å². The summed E-state index contributed by atoms with van der Waals surface area (Å²) in [5, 5.41) is 9.16. The highest BCUT2D eigenvalue weighted by Gasteiger charge is 1.92. The highest BCUT2D eigenvalue weighted by Crippen LogP contribution is 2.16. The Morgan fingerprint density at radius 2 is 1.45 bits per heavy atom. The van der Waals surface area contributed by atoms with Gasteiger partial charge in [0.25, 0.3) is 0 Å². The van der Waals surface area contributed by atoms with Gasteiger partial charge >= 0.3 is 0 Å². The third-order valence-corrected chi connectivity index (χ3v) is 1.43. The lowest BCUT2D eigenvalue weighted by atomic mass is 10.1. The third-order valence-electron chi connectivity index (χ3n) is 1.43. The first-order chi connectivity index (χ1) is 5.26. The van der Waals surface area contributed by atoms with Crippen molar-refractivity contribution in [3.63, 3.8) is 0 Å². The Hall–Kier alpha value is -1.50. The van der Waals surface area contributed by atoms with E-state index < -0.39 is 0 Å². The first kappa shape index (κ1) is 7.61. The number of benzene rings is 1. The van der Waals surface area contributed by atoms with Crippen LogP contribution in [0.4, 0.5) is 0 Å². The zero-order valence-electron chi connectivity index (χ0n) is 6.25. The molecule has 0 radical (unpaired) electrons. The maximum absolute atomic E-state index is 9.16. The minimum absolute atomic E-state index is 0.248. The molecule has 0 aliphatic heterocycles. The molecule has 0 aliphatic rings. The van der Waals surface area contributed by atoms with Crippen molar-refractivity contribution in [3.8, 4) is 5.75 Å². The lowest BCUT2D eigenvalue weighted by Crippen LogP contribution is -1.75. The summed E-state index contributed by atoms with van der Waals surface area (Å²) in [5.41, 5.74) is 1.81. The molecular weight excluding hydrogens is 136 g/mol. The molecule has 0 saturated heterocycles. The summed E-state index contributed by atoms with van der Waals surface area (Å²) in [7, 11) is 0. The van der Waals surface area contributed by atoms with Crippen LogP contribution in [0.1, 0.15) is 11.1 Å². The summed E-state index contributed by atoms with van der Waals surface area (Å²) >= 11 is 0. The van der Waals surface area contributed by atoms with Crippen LogP contribution in [0.15, 0.2) is 31.4 Å². The molecule has 0 bridgehead atoms. The van der Waals surface area contributed by atoms with Crippen LogP contribution in [0, 0.1) is 0 Å². The number of phenolic OH excluding ortho intramolecular Hbond substituents is 1. The molecule has 0 heterocycles. The zero-order chi connectivity index (χ0) is 8.27. The van der Waals surface area contributed by atoms with Crippen molar-refractivity contribution in [3.05, 3.63) is 42.5 Å². The molecule has 0 amide bonds. The number of rotatable bonds is 2. The van der Waals surface area contributed by atoms with Gasteiger partial charge in [-0.05, 0) is 29.3 Å². The molecule has 0 unspecified atom stereocenters. The van der Waals surface area contributed by atoms with Crippen LogP contribution in [-0.2, 0) is 0 Å². The molecule has 0 aromatic heterocycles. The topological polar surface area (TPSA) is 20.2 Å². The van der Waals surface area contributed by atoms with E-state index in [0.29, 0.717) is 0 Å². The number of aromatic hydroxyl groups is 1. The molecule has 0 saturated carbocycles. The number of hydrogen-bond donors (Lipinski definition) is 1. The van der Waals surface area contributed by atoms with Crippen LogP contribution in [0.2, 0.25) is 0 Å². The molecule has 0 aliphatic carbocycles. The van der Waals surface area contributed by atoms with Gasteiger partial charge in [0.05, 0.1) is 0 Å². The average Bonchev–Trinajstić information content (AvgIpc) is 2.03. The second-order valence-corrected chi connectivity index (χ2v) is 2.27. The molecule has 1 aromatic carbocycles. The SMILES string of the molecule is C=Cc1cc(O)cc(C=C)c1. The first-order valence-electron chi connectivity index (χ1n) is 3.35. The fraction of sp³-hybridized carbons (Fsp3) is 0. The Morgan fingerprint density at radius 1 is 1.00 bits per heavy atom. The summed E-state index contributed by atoms with van der Waals surface area (Å²) in [5.74, 6) is 0.248. The van der Waals surface area contributed by atoms with E-state index in [1.165, 1.54) is 0 Å². The van der Waals surface area contributed by atoms with Gasteiger partial charge in [-0.3, -0.25) is 0 Å². The fourth-order valence-electron chi connectivity index (χ4n) is 0.895. The van der Waals surface area contributed by atoms with E-state index in [1.807, 2.05) is 6.07 Å². The van der Waals surface area contributed by atoms with Crippen LogP contribution in [0.3, 0.4) is 0 Å². The van der Waals surface area contributed by atoms with Crippen molar-refractivity contribution >= 4 is 12.2 Å². The van der Waals surface area contributed by atoms with E-state index in [9.17, 15) is 0 Å². The van der Waals surface area contributed by atoms with Crippen LogP contribution in [-0.4, -0.2) is 5.11 Å². The van der Waals surface area contributed by atoms with Gasteiger partial charge < -0.3 is 5.11 Å². The number of phenols is 1. The predicted molar refractivity (Wildman–Crippen MR) is 48.3 cm³/mol. The third kappa shape index (κ3) is 1.71.